The number of hydrogen-bond donors (Lipinski definition) is 1. The Hall–Kier alpha value is -2.80. The monoisotopic (exact) mass is 426 g/mol. The Morgan fingerprint density at radius 3 is 2.70 bits per heavy atom. The summed E-state index contributed by atoms with van der Waals surface area (Å²) in [6, 6.07) is 9.86. The number of halogens is 1. The molecule has 1 fully saturated rings. The lowest BCUT2D eigenvalue weighted by Crippen LogP contribution is -2.50. The summed E-state index contributed by atoms with van der Waals surface area (Å²) >= 11 is 6.25. The maximum atomic E-state index is 12.8. The molecule has 158 valence electrons. The van der Waals surface area contributed by atoms with E-state index in [2.05, 4.69) is 52.2 Å². The van der Waals surface area contributed by atoms with E-state index in [1.54, 1.807) is 11.1 Å². The number of aromatic nitrogens is 3. The Morgan fingerprint density at radius 1 is 1.23 bits per heavy atom. The fraction of sp³-hybridized carbons (Fsp3) is 0.409. The lowest BCUT2D eigenvalue weighted by molar-refractivity contribution is 0.208. The standard InChI is InChI=1S/C22H27ClN6O/c1-4-15(2)16-7-8-19-18(14-16)25-21(27(19)3)26-22(30)29-12-10-28(11-13-29)20-17(23)6-5-9-24-20/h5-9,14-15H,4,10-13H2,1-3H3,(H,25,26,30). The van der Waals surface area contributed by atoms with Crippen molar-refractivity contribution in [1.29, 1.82) is 0 Å². The van der Waals surface area contributed by atoms with Crippen molar-refractivity contribution in [2.45, 2.75) is 26.2 Å². The number of aryl methyl sites for hydroxylation is 1. The Bertz CT molecular complexity index is 1060. The van der Waals surface area contributed by atoms with Gasteiger partial charge < -0.3 is 14.4 Å². The van der Waals surface area contributed by atoms with Crippen LogP contribution in [0.15, 0.2) is 36.5 Å². The second-order valence-electron chi connectivity index (χ2n) is 7.76. The van der Waals surface area contributed by atoms with Gasteiger partial charge in [-0.05, 0) is 42.2 Å². The molecule has 30 heavy (non-hydrogen) atoms. The first kappa shape index (κ1) is 20.5. The summed E-state index contributed by atoms with van der Waals surface area (Å²) in [6.45, 7) is 6.96. The van der Waals surface area contributed by atoms with E-state index in [4.69, 9.17) is 11.6 Å². The van der Waals surface area contributed by atoms with Gasteiger partial charge in [0.05, 0.1) is 16.1 Å². The van der Waals surface area contributed by atoms with E-state index >= 15 is 0 Å². The van der Waals surface area contributed by atoms with Crippen LogP contribution in [0.5, 0.6) is 0 Å². The second kappa shape index (κ2) is 8.52. The first-order chi connectivity index (χ1) is 14.5. The van der Waals surface area contributed by atoms with Crippen LogP contribution in [0.2, 0.25) is 5.02 Å². The fourth-order valence-electron chi connectivity index (χ4n) is 3.78. The summed E-state index contributed by atoms with van der Waals surface area (Å²) in [6.07, 6.45) is 2.82. The molecule has 3 aromatic rings. The van der Waals surface area contributed by atoms with Crippen molar-refractivity contribution in [3.8, 4) is 0 Å². The molecule has 1 atom stereocenters. The van der Waals surface area contributed by atoms with Crippen molar-refractivity contribution >= 4 is 40.4 Å². The van der Waals surface area contributed by atoms with Gasteiger partial charge in [0.25, 0.3) is 0 Å². The van der Waals surface area contributed by atoms with Crippen molar-refractivity contribution in [2.24, 2.45) is 7.05 Å². The molecule has 0 saturated carbocycles. The quantitative estimate of drug-likeness (QED) is 0.667. The third kappa shape index (κ3) is 3.94. The van der Waals surface area contributed by atoms with Gasteiger partial charge in [0, 0.05) is 39.4 Å². The second-order valence-corrected chi connectivity index (χ2v) is 8.17. The molecule has 1 saturated heterocycles. The highest BCUT2D eigenvalue weighted by Crippen LogP contribution is 2.26. The van der Waals surface area contributed by atoms with Crippen LogP contribution in [0.25, 0.3) is 11.0 Å². The lowest BCUT2D eigenvalue weighted by atomic mass is 9.98. The number of carbonyl (C=O) groups excluding carboxylic acids is 1. The highest BCUT2D eigenvalue weighted by atomic mass is 35.5. The molecule has 0 bridgehead atoms. The number of rotatable bonds is 4. The van der Waals surface area contributed by atoms with Crippen molar-refractivity contribution in [1.82, 2.24) is 19.4 Å². The van der Waals surface area contributed by atoms with Gasteiger partial charge in [-0.3, -0.25) is 5.32 Å². The van der Waals surface area contributed by atoms with Gasteiger partial charge in [0.15, 0.2) is 0 Å². The number of benzene rings is 1. The van der Waals surface area contributed by atoms with Crippen LogP contribution >= 0.6 is 11.6 Å². The number of amides is 2. The Kier molecular flexibility index (Phi) is 5.81. The first-order valence-electron chi connectivity index (χ1n) is 10.4. The van der Waals surface area contributed by atoms with Crippen LogP contribution in [0.4, 0.5) is 16.6 Å². The number of nitrogens with zero attached hydrogens (tertiary/aromatic N) is 5. The SMILES string of the molecule is CCC(C)c1ccc2c(c1)nc(NC(=O)N1CCN(c3ncccc3Cl)CC1)n2C. The minimum Gasteiger partial charge on any atom is -0.352 e. The van der Waals surface area contributed by atoms with Crippen LogP contribution in [0.1, 0.15) is 31.7 Å². The predicted molar refractivity (Wildman–Crippen MR) is 121 cm³/mol. The zero-order chi connectivity index (χ0) is 21.3. The smallest absolute Gasteiger partial charge is 0.324 e. The Morgan fingerprint density at radius 2 is 2.00 bits per heavy atom. The number of imidazole rings is 1. The van der Waals surface area contributed by atoms with E-state index in [9.17, 15) is 4.79 Å². The summed E-state index contributed by atoms with van der Waals surface area (Å²) in [5.74, 6) is 1.82. The first-order valence-corrected chi connectivity index (χ1v) is 10.7. The number of urea groups is 1. The molecule has 0 spiro atoms. The van der Waals surface area contributed by atoms with Gasteiger partial charge in [-0.15, -0.1) is 0 Å². The molecule has 0 aliphatic carbocycles. The van der Waals surface area contributed by atoms with E-state index in [1.807, 2.05) is 23.7 Å². The number of pyridine rings is 1. The van der Waals surface area contributed by atoms with Crippen LogP contribution in [0.3, 0.4) is 0 Å². The van der Waals surface area contributed by atoms with E-state index in [1.165, 1.54) is 5.56 Å². The Balaban J connectivity index is 1.43. The van der Waals surface area contributed by atoms with Gasteiger partial charge in [0.2, 0.25) is 5.95 Å². The number of carbonyl (C=O) groups is 1. The fourth-order valence-corrected chi connectivity index (χ4v) is 4.02. The van der Waals surface area contributed by atoms with Crippen LogP contribution in [-0.2, 0) is 7.05 Å². The highest BCUT2D eigenvalue weighted by Gasteiger charge is 2.24. The maximum Gasteiger partial charge on any atom is 0.324 e. The highest BCUT2D eigenvalue weighted by molar-refractivity contribution is 6.32. The molecule has 1 unspecified atom stereocenters. The topological polar surface area (TPSA) is 66.3 Å². The van der Waals surface area contributed by atoms with Gasteiger partial charge in [-0.2, -0.15) is 0 Å². The number of nitrogens with one attached hydrogen (secondary N) is 1. The predicted octanol–water partition coefficient (Wildman–Crippen LogP) is 4.49. The summed E-state index contributed by atoms with van der Waals surface area (Å²) < 4.78 is 1.93. The zero-order valence-electron chi connectivity index (χ0n) is 17.6. The van der Waals surface area contributed by atoms with Crippen molar-refractivity contribution in [3.63, 3.8) is 0 Å². The molecule has 3 heterocycles. The number of fused-ring (bicyclic) bond motifs is 1. The van der Waals surface area contributed by atoms with Gasteiger partial charge >= 0.3 is 6.03 Å². The molecule has 0 radical (unpaired) electrons. The van der Waals surface area contributed by atoms with Gasteiger partial charge in [-0.1, -0.05) is 31.5 Å². The lowest BCUT2D eigenvalue weighted by Gasteiger charge is -2.35. The molecule has 8 heteroatoms. The number of hydrogen-bond acceptors (Lipinski definition) is 4. The van der Waals surface area contributed by atoms with E-state index in [0.717, 1.165) is 23.3 Å². The van der Waals surface area contributed by atoms with Gasteiger partial charge in [0.1, 0.15) is 5.82 Å². The molecule has 1 aromatic carbocycles. The molecule has 1 N–H and O–H groups in total. The van der Waals surface area contributed by atoms with Crippen LogP contribution in [0, 0.1) is 0 Å². The van der Waals surface area contributed by atoms with Gasteiger partial charge in [-0.25, -0.2) is 14.8 Å². The molecule has 4 rings (SSSR count). The molecule has 1 aliphatic heterocycles. The molecule has 7 nitrogen and oxygen atoms in total. The molecule has 2 aromatic heterocycles. The minimum atomic E-state index is -0.137. The van der Waals surface area contributed by atoms with Crippen LogP contribution < -0.4 is 10.2 Å². The maximum absolute atomic E-state index is 12.8. The molecular formula is C22H27ClN6O. The Labute approximate surface area is 181 Å². The number of piperazine rings is 1. The van der Waals surface area contributed by atoms with Crippen LogP contribution in [-0.4, -0.2) is 51.6 Å². The van der Waals surface area contributed by atoms with E-state index in [0.29, 0.717) is 43.1 Å². The summed E-state index contributed by atoms with van der Waals surface area (Å²) in [7, 11) is 1.93. The molecule has 2 amide bonds. The van der Waals surface area contributed by atoms with Crippen molar-refractivity contribution < 1.29 is 4.79 Å². The zero-order valence-corrected chi connectivity index (χ0v) is 18.4. The largest absolute Gasteiger partial charge is 0.352 e. The third-order valence-corrected chi connectivity index (χ3v) is 6.21. The van der Waals surface area contributed by atoms with E-state index < -0.39 is 0 Å². The molecule has 1 aliphatic rings. The average Bonchev–Trinajstić information content (AvgIpc) is 3.08. The summed E-state index contributed by atoms with van der Waals surface area (Å²) in [5, 5.41) is 3.61. The minimum absolute atomic E-state index is 0.137. The third-order valence-electron chi connectivity index (χ3n) is 5.91. The normalized spacial score (nSPS) is 15.5. The van der Waals surface area contributed by atoms with Crippen molar-refractivity contribution in [3.05, 3.63) is 47.1 Å². The molecular weight excluding hydrogens is 400 g/mol. The van der Waals surface area contributed by atoms with E-state index in [-0.39, 0.29) is 6.03 Å². The average molecular weight is 427 g/mol. The number of anilines is 2. The van der Waals surface area contributed by atoms with Crippen molar-refractivity contribution in [2.75, 3.05) is 36.4 Å². The summed E-state index contributed by atoms with van der Waals surface area (Å²) in [4.78, 5) is 25.8. The summed E-state index contributed by atoms with van der Waals surface area (Å²) in [5.41, 5.74) is 3.18.